The fourth-order valence-corrected chi connectivity index (χ4v) is 3.37. The molecule has 2 fully saturated rings. The zero-order valence-corrected chi connectivity index (χ0v) is 10.7. The highest BCUT2D eigenvalue weighted by atomic mass is 35.5. The van der Waals surface area contributed by atoms with E-state index in [2.05, 4.69) is 4.90 Å². The fraction of sp³-hybridized carbons (Fsp3) is 0.923. The molecule has 1 amide bonds. The first-order chi connectivity index (χ1) is 7.83. The molecule has 16 heavy (non-hydrogen) atoms. The van der Waals surface area contributed by atoms with E-state index in [1.54, 1.807) is 0 Å². The average Bonchev–Trinajstić information content (AvgIpc) is 2.96. The molecule has 2 saturated carbocycles. The summed E-state index contributed by atoms with van der Waals surface area (Å²) in [5.41, 5.74) is 0. The molecule has 0 atom stereocenters. The van der Waals surface area contributed by atoms with Crippen LogP contribution in [-0.4, -0.2) is 29.3 Å². The van der Waals surface area contributed by atoms with E-state index in [9.17, 15) is 4.79 Å². The Hall–Kier alpha value is -0.240. The molecule has 0 aromatic carbocycles. The van der Waals surface area contributed by atoms with Gasteiger partial charge in [-0.25, -0.2) is 0 Å². The minimum Gasteiger partial charge on any atom is -0.338 e. The third kappa shape index (κ3) is 2.71. The van der Waals surface area contributed by atoms with E-state index < -0.39 is 0 Å². The van der Waals surface area contributed by atoms with Crippen LogP contribution in [0.4, 0.5) is 0 Å². The molecule has 92 valence electrons. The van der Waals surface area contributed by atoms with Gasteiger partial charge in [-0.1, -0.05) is 25.7 Å². The molecule has 0 unspecified atom stereocenters. The van der Waals surface area contributed by atoms with E-state index in [4.69, 9.17) is 11.6 Å². The number of hydrogen-bond donors (Lipinski definition) is 0. The van der Waals surface area contributed by atoms with E-state index in [0.717, 1.165) is 19.4 Å². The van der Waals surface area contributed by atoms with Gasteiger partial charge in [0.25, 0.3) is 0 Å². The Morgan fingerprint density at radius 2 is 1.62 bits per heavy atom. The first-order valence-corrected chi connectivity index (χ1v) is 7.23. The van der Waals surface area contributed by atoms with Gasteiger partial charge in [0, 0.05) is 24.4 Å². The van der Waals surface area contributed by atoms with Crippen LogP contribution in [0.15, 0.2) is 0 Å². The van der Waals surface area contributed by atoms with Gasteiger partial charge in [-0.05, 0) is 25.7 Å². The first-order valence-electron chi connectivity index (χ1n) is 6.69. The summed E-state index contributed by atoms with van der Waals surface area (Å²) in [5.74, 6) is 1.28. The van der Waals surface area contributed by atoms with E-state index >= 15 is 0 Å². The summed E-state index contributed by atoms with van der Waals surface area (Å²) in [6.07, 6.45) is 9.60. The minimum atomic E-state index is 0.309. The standard InChI is InChI=1S/C13H22ClNO/c14-9-10-15(12-7-3-4-8-12)13(16)11-5-1-2-6-11/h11-12H,1-10H2. The summed E-state index contributed by atoms with van der Waals surface area (Å²) in [6, 6.07) is 0.492. The van der Waals surface area contributed by atoms with Crippen molar-refractivity contribution in [2.45, 2.75) is 57.4 Å². The molecule has 2 aliphatic rings. The van der Waals surface area contributed by atoms with Crippen molar-refractivity contribution in [3.63, 3.8) is 0 Å². The van der Waals surface area contributed by atoms with Gasteiger partial charge in [-0.15, -0.1) is 11.6 Å². The molecule has 0 aromatic rings. The normalized spacial score (nSPS) is 22.8. The molecule has 0 N–H and O–H groups in total. The zero-order chi connectivity index (χ0) is 11.4. The summed E-state index contributed by atoms with van der Waals surface area (Å²) < 4.78 is 0. The summed E-state index contributed by atoms with van der Waals surface area (Å²) in [7, 11) is 0. The maximum Gasteiger partial charge on any atom is 0.225 e. The molecule has 0 bridgehead atoms. The van der Waals surface area contributed by atoms with Crippen molar-refractivity contribution >= 4 is 17.5 Å². The molecule has 0 aromatic heterocycles. The second-order valence-corrected chi connectivity index (χ2v) is 5.52. The van der Waals surface area contributed by atoms with Crippen LogP contribution in [0.2, 0.25) is 0 Å². The minimum absolute atomic E-state index is 0.309. The Kier molecular flexibility index (Phi) is 4.51. The quantitative estimate of drug-likeness (QED) is 0.695. The van der Waals surface area contributed by atoms with Gasteiger partial charge in [0.2, 0.25) is 5.91 Å². The lowest BCUT2D eigenvalue weighted by Gasteiger charge is -2.30. The van der Waals surface area contributed by atoms with Crippen molar-refractivity contribution in [2.24, 2.45) is 5.92 Å². The zero-order valence-electron chi connectivity index (χ0n) is 9.96. The number of carbonyl (C=O) groups excluding carboxylic acids is 1. The maximum atomic E-state index is 12.4. The maximum absolute atomic E-state index is 12.4. The van der Waals surface area contributed by atoms with Crippen molar-refractivity contribution in [1.82, 2.24) is 4.90 Å². The van der Waals surface area contributed by atoms with Crippen molar-refractivity contribution in [3.8, 4) is 0 Å². The summed E-state index contributed by atoms with van der Waals surface area (Å²) >= 11 is 5.83. The molecule has 0 saturated heterocycles. The molecular weight excluding hydrogens is 222 g/mol. The van der Waals surface area contributed by atoms with Crippen molar-refractivity contribution < 1.29 is 4.79 Å². The molecule has 0 heterocycles. The highest BCUT2D eigenvalue weighted by Crippen LogP contribution is 2.30. The molecule has 0 aliphatic heterocycles. The molecular formula is C13H22ClNO. The lowest BCUT2D eigenvalue weighted by atomic mass is 10.0. The number of amides is 1. The molecule has 2 rings (SSSR count). The Morgan fingerprint density at radius 1 is 1.06 bits per heavy atom. The Morgan fingerprint density at radius 3 is 2.19 bits per heavy atom. The van der Waals surface area contributed by atoms with Gasteiger partial charge in [-0.3, -0.25) is 4.79 Å². The summed E-state index contributed by atoms with van der Waals surface area (Å²) in [6.45, 7) is 0.752. The smallest absolute Gasteiger partial charge is 0.225 e. The van der Waals surface area contributed by atoms with E-state index in [1.807, 2.05) is 0 Å². The van der Waals surface area contributed by atoms with Crippen LogP contribution in [0.3, 0.4) is 0 Å². The fourth-order valence-electron chi connectivity index (χ4n) is 3.19. The van der Waals surface area contributed by atoms with Crippen LogP contribution in [-0.2, 0) is 4.79 Å². The molecule has 2 aliphatic carbocycles. The topological polar surface area (TPSA) is 20.3 Å². The third-order valence-corrected chi connectivity index (χ3v) is 4.25. The monoisotopic (exact) mass is 243 g/mol. The van der Waals surface area contributed by atoms with Crippen LogP contribution in [0.25, 0.3) is 0 Å². The average molecular weight is 244 g/mol. The summed E-state index contributed by atoms with van der Waals surface area (Å²) in [4.78, 5) is 14.5. The number of halogens is 1. The number of carbonyl (C=O) groups is 1. The number of alkyl halides is 1. The number of hydrogen-bond acceptors (Lipinski definition) is 1. The summed E-state index contributed by atoms with van der Waals surface area (Å²) in [5, 5.41) is 0. The molecule has 2 nitrogen and oxygen atoms in total. The van der Waals surface area contributed by atoms with Crippen LogP contribution >= 0.6 is 11.6 Å². The van der Waals surface area contributed by atoms with Gasteiger partial charge in [-0.2, -0.15) is 0 Å². The van der Waals surface area contributed by atoms with Gasteiger partial charge in [0.15, 0.2) is 0 Å². The lowest BCUT2D eigenvalue weighted by Crippen LogP contribution is -2.43. The van der Waals surface area contributed by atoms with Gasteiger partial charge in [0.1, 0.15) is 0 Å². The molecule has 3 heteroatoms. The van der Waals surface area contributed by atoms with Gasteiger partial charge in [0.05, 0.1) is 0 Å². The van der Waals surface area contributed by atoms with E-state index in [0.29, 0.717) is 23.7 Å². The Labute approximate surface area is 103 Å². The van der Waals surface area contributed by atoms with Crippen LogP contribution < -0.4 is 0 Å². The number of rotatable bonds is 4. The van der Waals surface area contributed by atoms with E-state index in [-0.39, 0.29) is 0 Å². The second kappa shape index (κ2) is 5.90. The van der Waals surface area contributed by atoms with E-state index in [1.165, 1.54) is 38.5 Å². The van der Waals surface area contributed by atoms with Crippen molar-refractivity contribution in [2.75, 3.05) is 12.4 Å². The predicted molar refractivity (Wildman–Crippen MR) is 66.6 cm³/mol. The van der Waals surface area contributed by atoms with Gasteiger partial charge < -0.3 is 4.90 Å². The highest BCUT2D eigenvalue weighted by molar-refractivity contribution is 6.18. The largest absolute Gasteiger partial charge is 0.338 e. The Balaban J connectivity index is 1.96. The predicted octanol–water partition coefficient (Wildman–Crippen LogP) is 3.19. The van der Waals surface area contributed by atoms with Gasteiger partial charge >= 0.3 is 0 Å². The van der Waals surface area contributed by atoms with Crippen LogP contribution in [0, 0.1) is 5.92 Å². The number of nitrogens with zero attached hydrogens (tertiary/aromatic N) is 1. The van der Waals surface area contributed by atoms with Crippen molar-refractivity contribution in [1.29, 1.82) is 0 Å². The van der Waals surface area contributed by atoms with Crippen molar-refractivity contribution in [3.05, 3.63) is 0 Å². The molecule has 0 spiro atoms. The molecule has 0 radical (unpaired) electrons. The lowest BCUT2D eigenvalue weighted by molar-refractivity contribution is -0.137. The third-order valence-electron chi connectivity index (χ3n) is 4.08. The SMILES string of the molecule is O=C(C1CCCC1)N(CCCl)C1CCCC1. The van der Waals surface area contributed by atoms with Crippen LogP contribution in [0.5, 0.6) is 0 Å². The first kappa shape index (κ1) is 12.2. The highest BCUT2D eigenvalue weighted by Gasteiger charge is 2.32. The second-order valence-electron chi connectivity index (χ2n) is 5.14. The Bertz CT molecular complexity index is 232. The van der Waals surface area contributed by atoms with Crippen LogP contribution in [0.1, 0.15) is 51.4 Å².